The Kier molecular flexibility index (Phi) is 2.62. The summed E-state index contributed by atoms with van der Waals surface area (Å²) in [5.41, 5.74) is 7.26. The number of aromatic nitrogens is 1. The van der Waals surface area contributed by atoms with Crippen molar-refractivity contribution in [3.63, 3.8) is 0 Å². The zero-order chi connectivity index (χ0) is 12.5. The number of pyridine rings is 1. The van der Waals surface area contributed by atoms with Gasteiger partial charge < -0.3 is 11.1 Å². The highest BCUT2D eigenvalue weighted by Crippen LogP contribution is 2.25. The molecule has 1 heterocycles. The molecule has 2 aromatic rings. The van der Waals surface area contributed by atoms with Gasteiger partial charge in [0.15, 0.2) is 0 Å². The lowest BCUT2D eigenvalue weighted by atomic mass is 9.87. The maximum atomic E-state index is 9.18. The van der Waals surface area contributed by atoms with Gasteiger partial charge in [0.05, 0.1) is 11.1 Å². The molecule has 1 aliphatic carbocycles. The van der Waals surface area contributed by atoms with E-state index in [-0.39, 0.29) is 6.04 Å². The number of para-hydroxylation sites is 1. The fourth-order valence-electron chi connectivity index (χ4n) is 2.28. The van der Waals surface area contributed by atoms with Gasteiger partial charge in [-0.1, -0.05) is 18.2 Å². The van der Waals surface area contributed by atoms with Crippen LogP contribution in [0.4, 0.5) is 5.82 Å². The van der Waals surface area contributed by atoms with Gasteiger partial charge in [0.2, 0.25) is 0 Å². The van der Waals surface area contributed by atoms with Crippen molar-refractivity contribution >= 4 is 16.7 Å². The van der Waals surface area contributed by atoms with Crippen molar-refractivity contribution in [2.24, 2.45) is 5.73 Å². The lowest BCUT2D eigenvalue weighted by molar-refractivity contribution is 0.373. The maximum Gasteiger partial charge on any atom is 0.144 e. The molecule has 18 heavy (non-hydrogen) atoms. The van der Waals surface area contributed by atoms with Crippen LogP contribution in [0.5, 0.6) is 0 Å². The second-order valence-electron chi connectivity index (χ2n) is 4.76. The Labute approximate surface area is 105 Å². The van der Waals surface area contributed by atoms with Crippen molar-refractivity contribution in [2.45, 2.75) is 24.9 Å². The van der Waals surface area contributed by atoms with Crippen molar-refractivity contribution < 1.29 is 0 Å². The molecule has 0 unspecified atom stereocenters. The lowest BCUT2D eigenvalue weighted by Crippen LogP contribution is -2.44. The third-order valence-corrected chi connectivity index (χ3v) is 3.36. The zero-order valence-corrected chi connectivity index (χ0v) is 9.93. The number of hydrogen-bond donors (Lipinski definition) is 2. The van der Waals surface area contributed by atoms with Crippen molar-refractivity contribution in [3.05, 3.63) is 35.9 Å². The van der Waals surface area contributed by atoms with Gasteiger partial charge in [-0.05, 0) is 25.0 Å². The molecular formula is C14H14N4. The van der Waals surface area contributed by atoms with Gasteiger partial charge >= 0.3 is 0 Å². The quantitative estimate of drug-likeness (QED) is 0.839. The number of hydrogen-bond acceptors (Lipinski definition) is 4. The first-order valence-corrected chi connectivity index (χ1v) is 6.08. The third kappa shape index (κ3) is 1.89. The Morgan fingerprint density at radius 2 is 2.11 bits per heavy atom. The number of nitrogens with one attached hydrogen (secondary N) is 1. The molecule has 0 bridgehead atoms. The van der Waals surface area contributed by atoms with Gasteiger partial charge in [0.1, 0.15) is 11.9 Å². The molecule has 90 valence electrons. The van der Waals surface area contributed by atoms with Crippen molar-refractivity contribution in [2.75, 3.05) is 5.32 Å². The van der Waals surface area contributed by atoms with Gasteiger partial charge in [-0.25, -0.2) is 4.98 Å². The second-order valence-corrected chi connectivity index (χ2v) is 4.76. The van der Waals surface area contributed by atoms with Crippen LogP contribution in [0.3, 0.4) is 0 Å². The van der Waals surface area contributed by atoms with Crippen LogP contribution in [0.25, 0.3) is 10.9 Å². The topological polar surface area (TPSA) is 74.7 Å². The highest BCUT2D eigenvalue weighted by atomic mass is 15.0. The summed E-state index contributed by atoms with van der Waals surface area (Å²) in [7, 11) is 0. The molecular weight excluding hydrogens is 224 g/mol. The van der Waals surface area contributed by atoms with Gasteiger partial charge in [-0.3, -0.25) is 0 Å². The van der Waals surface area contributed by atoms with E-state index >= 15 is 0 Å². The SMILES string of the molecule is N#Cc1cc2ccccc2nc1NC1CC(N)C1. The number of anilines is 1. The Hall–Kier alpha value is -2.12. The van der Waals surface area contributed by atoms with Crippen LogP contribution in [0, 0.1) is 11.3 Å². The summed E-state index contributed by atoms with van der Waals surface area (Å²) in [6.45, 7) is 0. The van der Waals surface area contributed by atoms with Crippen molar-refractivity contribution in [1.29, 1.82) is 5.26 Å². The molecule has 0 atom stereocenters. The van der Waals surface area contributed by atoms with E-state index in [1.807, 2.05) is 30.3 Å². The average molecular weight is 238 g/mol. The average Bonchev–Trinajstić information content (AvgIpc) is 2.36. The number of nitriles is 1. The van der Waals surface area contributed by atoms with Crippen LogP contribution in [0.15, 0.2) is 30.3 Å². The van der Waals surface area contributed by atoms with E-state index in [4.69, 9.17) is 5.73 Å². The van der Waals surface area contributed by atoms with E-state index in [0.29, 0.717) is 17.4 Å². The monoisotopic (exact) mass is 238 g/mol. The molecule has 0 aliphatic heterocycles. The minimum Gasteiger partial charge on any atom is -0.366 e. The minimum absolute atomic E-state index is 0.286. The predicted molar refractivity (Wildman–Crippen MR) is 71.1 cm³/mol. The highest BCUT2D eigenvalue weighted by molar-refractivity contribution is 5.82. The molecule has 1 aromatic heterocycles. The third-order valence-electron chi connectivity index (χ3n) is 3.36. The minimum atomic E-state index is 0.286. The summed E-state index contributed by atoms with van der Waals surface area (Å²) in [6.07, 6.45) is 1.89. The lowest BCUT2D eigenvalue weighted by Gasteiger charge is -2.33. The Bertz CT molecular complexity index is 623. The summed E-state index contributed by atoms with van der Waals surface area (Å²) in [5, 5.41) is 13.5. The van der Waals surface area contributed by atoms with Gasteiger partial charge in [-0.2, -0.15) is 5.26 Å². The van der Waals surface area contributed by atoms with Gasteiger partial charge in [0, 0.05) is 17.5 Å². The molecule has 0 spiro atoms. The van der Waals surface area contributed by atoms with Crippen LogP contribution in [-0.2, 0) is 0 Å². The number of nitrogens with two attached hydrogens (primary N) is 1. The standard InChI is InChI=1S/C14H14N4/c15-8-10-5-9-3-1-2-4-13(9)18-14(10)17-12-6-11(16)7-12/h1-5,11-12H,6-7,16H2,(H,17,18). The van der Waals surface area contributed by atoms with Gasteiger partial charge in [-0.15, -0.1) is 0 Å². The Balaban J connectivity index is 1.97. The van der Waals surface area contributed by atoms with Gasteiger partial charge in [0.25, 0.3) is 0 Å². The summed E-state index contributed by atoms with van der Waals surface area (Å²) < 4.78 is 0. The van der Waals surface area contributed by atoms with Crippen molar-refractivity contribution in [3.8, 4) is 6.07 Å². The predicted octanol–water partition coefficient (Wildman–Crippen LogP) is 2.01. The van der Waals surface area contributed by atoms with Crippen molar-refractivity contribution in [1.82, 2.24) is 4.98 Å². The molecule has 0 saturated heterocycles. The molecule has 3 rings (SSSR count). The number of rotatable bonds is 2. The van der Waals surface area contributed by atoms with E-state index in [1.165, 1.54) is 0 Å². The molecule has 3 N–H and O–H groups in total. The van der Waals surface area contributed by atoms with Crippen LogP contribution < -0.4 is 11.1 Å². The number of nitrogens with zero attached hydrogens (tertiary/aromatic N) is 2. The first-order chi connectivity index (χ1) is 8.76. The first-order valence-electron chi connectivity index (χ1n) is 6.08. The summed E-state index contributed by atoms with van der Waals surface area (Å²) in [6, 6.07) is 12.5. The second kappa shape index (κ2) is 4.28. The Morgan fingerprint density at radius 1 is 1.33 bits per heavy atom. The molecule has 0 radical (unpaired) electrons. The smallest absolute Gasteiger partial charge is 0.144 e. The fourth-order valence-corrected chi connectivity index (χ4v) is 2.28. The van der Waals surface area contributed by atoms with Crippen LogP contribution in [0.2, 0.25) is 0 Å². The van der Waals surface area contributed by atoms with E-state index in [2.05, 4.69) is 16.4 Å². The Morgan fingerprint density at radius 3 is 2.83 bits per heavy atom. The first kappa shape index (κ1) is 11.0. The maximum absolute atomic E-state index is 9.18. The molecule has 1 aromatic carbocycles. The molecule has 1 saturated carbocycles. The number of fused-ring (bicyclic) bond motifs is 1. The number of benzene rings is 1. The largest absolute Gasteiger partial charge is 0.366 e. The molecule has 4 nitrogen and oxygen atoms in total. The molecule has 1 aliphatic rings. The van der Waals surface area contributed by atoms with Crippen LogP contribution in [0.1, 0.15) is 18.4 Å². The van der Waals surface area contributed by atoms with E-state index in [1.54, 1.807) is 0 Å². The molecule has 1 fully saturated rings. The van der Waals surface area contributed by atoms with Crippen LogP contribution in [-0.4, -0.2) is 17.1 Å². The zero-order valence-electron chi connectivity index (χ0n) is 9.93. The molecule has 0 amide bonds. The van der Waals surface area contributed by atoms with E-state index in [0.717, 1.165) is 23.7 Å². The van der Waals surface area contributed by atoms with E-state index < -0.39 is 0 Å². The van der Waals surface area contributed by atoms with E-state index in [9.17, 15) is 5.26 Å². The summed E-state index contributed by atoms with van der Waals surface area (Å²) in [5.74, 6) is 0.674. The highest BCUT2D eigenvalue weighted by Gasteiger charge is 2.26. The molecule has 4 heteroatoms. The van der Waals surface area contributed by atoms with Crippen LogP contribution >= 0.6 is 0 Å². The summed E-state index contributed by atoms with van der Waals surface area (Å²) in [4.78, 5) is 4.52. The summed E-state index contributed by atoms with van der Waals surface area (Å²) >= 11 is 0. The normalized spacial score (nSPS) is 22.2. The fraction of sp³-hybridized carbons (Fsp3) is 0.286.